The van der Waals surface area contributed by atoms with Gasteiger partial charge < -0.3 is 10.6 Å². The molecule has 3 rings (SSSR count). The van der Waals surface area contributed by atoms with Crippen LogP contribution in [0.15, 0.2) is 29.2 Å². The van der Waals surface area contributed by atoms with Gasteiger partial charge >= 0.3 is 0 Å². The van der Waals surface area contributed by atoms with E-state index in [4.69, 9.17) is 17.3 Å². The second-order valence-corrected chi connectivity index (χ2v) is 9.68. The molecule has 152 valence electrons. The Bertz CT molecular complexity index is 750. The van der Waals surface area contributed by atoms with Crippen LogP contribution >= 0.6 is 24.0 Å². The molecule has 2 atom stereocenters. The lowest BCUT2D eigenvalue weighted by Gasteiger charge is -2.33. The number of benzene rings is 1. The van der Waals surface area contributed by atoms with Crippen LogP contribution in [0, 0.1) is 11.8 Å². The van der Waals surface area contributed by atoms with E-state index in [0.29, 0.717) is 43.4 Å². The quantitative estimate of drug-likeness (QED) is 0.786. The van der Waals surface area contributed by atoms with Crippen molar-refractivity contribution in [3.63, 3.8) is 0 Å². The van der Waals surface area contributed by atoms with E-state index in [1.165, 1.54) is 16.4 Å². The number of hydrogen-bond donors (Lipinski definition) is 1. The molecule has 2 aliphatic rings. The summed E-state index contributed by atoms with van der Waals surface area (Å²) in [5.74, 6) is 0.418. The van der Waals surface area contributed by atoms with Crippen LogP contribution in [0.3, 0.4) is 0 Å². The number of carbonyl (C=O) groups excluding carboxylic acids is 1. The Morgan fingerprint density at radius 3 is 2.33 bits per heavy atom. The molecule has 0 saturated carbocycles. The number of likely N-dealkylation sites (tertiary alicyclic amines) is 1. The lowest BCUT2D eigenvalue weighted by Crippen LogP contribution is -2.45. The van der Waals surface area contributed by atoms with Crippen LogP contribution < -0.4 is 5.73 Å². The zero-order valence-electron chi connectivity index (χ0n) is 15.4. The number of amides is 1. The molecule has 1 aromatic rings. The van der Waals surface area contributed by atoms with E-state index in [2.05, 4.69) is 6.92 Å². The number of hydrogen-bond acceptors (Lipinski definition) is 4. The predicted octanol–water partition coefficient (Wildman–Crippen LogP) is 2.36. The molecule has 6 nitrogen and oxygen atoms in total. The topological polar surface area (TPSA) is 83.7 Å². The fourth-order valence-corrected chi connectivity index (χ4v) is 5.55. The number of piperidine rings is 1. The van der Waals surface area contributed by atoms with Gasteiger partial charge in [0.2, 0.25) is 15.9 Å². The van der Waals surface area contributed by atoms with Crippen LogP contribution in [0.4, 0.5) is 0 Å². The van der Waals surface area contributed by atoms with Crippen molar-refractivity contribution in [1.82, 2.24) is 9.21 Å². The Morgan fingerprint density at radius 1 is 1.22 bits per heavy atom. The fourth-order valence-electron chi connectivity index (χ4n) is 3.95. The second-order valence-electron chi connectivity index (χ2n) is 7.31. The molecule has 0 bridgehead atoms. The van der Waals surface area contributed by atoms with Crippen LogP contribution in [0.25, 0.3) is 0 Å². The van der Waals surface area contributed by atoms with Crippen LogP contribution in [-0.4, -0.2) is 55.8 Å². The SMILES string of the molecule is CC1CC(CN)CN1C(=O)C1CCN(S(=O)(=O)c2ccc(Cl)cc2)CC1.Cl. The normalized spacial score (nSPS) is 24.6. The van der Waals surface area contributed by atoms with Crippen molar-refractivity contribution in [1.29, 1.82) is 0 Å². The molecule has 0 spiro atoms. The Balaban J connectivity index is 0.00000261. The summed E-state index contributed by atoms with van der Waals surface area (Å²) in [6.07, 6.45) is 2.07. The molecule has 2 aliphatic heterocycles. The zero-order chi connectivity index (χ0) is 18.9. The minimum absolute atomic E-state index is 0. The maximum atomic E-state index is 12.8. The Morgan fingerprint density at radius 2 is 1.81 bits per heavy atom. The Hall–Kier alpha value is -0.860. The van der Waals surface area contributed by atoms with E-state index in [1.54, 1.807) is 12.1 Å². The number of nitrogens with zero attached hydrogens (tertiary/aromatic N) is 2. The lowest BCUT2D eigenvalue weighted by atomic mass is 9.96. The third kappa shape index (κ3) is 4.77. The summed E-state index contributed by atoms with van der Waals surface area (Å²) in [7, 11) is -3.54. The van der Waals surface area contributed by atoms with Gasteiger partial charge in [-0.3, -0.25) is 4.79 Å². The molecular weight excluding hydrogens is 409 g/mol. The first-order valence-corrected chi connectivity index (χ1v) is 10.9. The molecule has 0 aromatic heterocycles. The zero-order valence-corrected chi connectivity index (χ0v) is 17.8. The smallest absolute Gasteiger partial charge is 0.243 e. The van der Waals surface area contributed by atoms with E-state index < -0.39 is 10.0 Å². The van der Waals surface area contributed by atoms with Gasteiger partial charge in [-0.2, -0.15) is 4.31 Å². The molecule has 2 saturated heterocycles. The number of halogens is 2. The first-order chi connectivity index (χ1) is 12.3. The molecule has 2 unspecified atom stereocenters. The first kappa shape index (κ1) is 22.4. The molecule has 2 fully saturated rings. The molecule has 1 aromatic carbocycles. The summed E-state index contributed by atoms with van der Waals surface area (Å²) in [5, 5.41) is 0.503. The summed E-state index contributed by atoms with van der Waals surface area (Å²) in [6.45, 7) is 4.12. The van der Waals surface area contributed by atoms with Crippen LogP contribution in [0.1, 0.15) is 26.2 Å². The van der Waals surface area contributed by atoms with Crippen molar-refractivity contribution in [2.75, 3.05) is 26.2 Å². The highest BCUT2D eigenvalue weighted by Gasteiger charge is 2.38. The average molecular weight is 436 g/mol. The summed E-state index contributed by atoms with van der Waals surface area (Å²) in [6, 6.07) is 6.41. The largest absolute Gasteiger partial charge is 0.339 e. The van der Waals surface area contributed by atoms with Crippen molar-refractivity contribution >= 4 is 39.9 Å². The van der Waals surface area contributed by atoms with Gasteiger partial charge in [-0.05, 0) is 62.9 Å². The maximum Gasteiger partial charge on any atom is 0.243 e. The molecular formula is C18H27Cl2N3O3S. The number of nitrogens with two attached hydrogens (primary N) is 1. The van der Waals surface area contributed by atoms with Crippen molar-refractivity contribution in [3.05, 3.63) is 29.3 Å². The van der Waals surface area contributed by atoms with Crippen molar-refractivity contribution in [3.8, 4) is 0 Å². The number of carbonyl (C=O) groups is 1. The third-order valence-electron chi connectivity index (χ3n) is 5.53. The summed E-state index contributed by atoms with van der Waals surface area (Å²) < 4.78 is 26.9. The highest BCUT2D eigenvalue weighted by molar-refractivity contribution is 7.89. The van der Waals surface area contributed by atoms with Gasteiger partial charge in [0, 0.05) is 36.6 Å². The highest BCUT2D eigenvalue weighted by Crippen LogP contribution is 2.29. The van der Waals surface area contributed by atoms with Gasteiger partial charge in [-0.25, -0.2) is 8.42 Å². The van der Waals surface area contributed by atoms with Crippen molar-refractivity contribution in [2.45, 2.75) is 37.1 Å². The van der Waals surface area contributed by atoms with Gasteiger partial charge in [0.15, 0.2) is 0 Å². The van der Waals surface area contributed by atoms with Gasteiger partial charge in [0.1, 0.15) is 0 Å². The average Bonchev–Trinajstić information content (AvgIpc) is 3.02. The number of rotatable bonds is 4. The highest BCUT2D eigenvalue weighted by atomic mass is 35.5. The predicted molar refractivity (Wildman–Crippen MR) is 109 cm³/mol. The van der Waals surface area contributed by atoms with E-state index in [9.17, 15) is 13.2 Å². The minimum atomic E-state index is -3.54. The molecule has 0 aliphatic carbocycles. The fraction of sp³-hybridized carbons (Fsp3) is 0.611. The summed E-state index contributed by atoms with van der Waals surface area (Å²) in [4.78, 5) is 15.0. The summed E-state index contributed by atoms with van der Waals surface area (Å²) in [5.41, 5.74) is 5.75. The van der Waals surface area contributed by atoms with Crippen LogP contribution in [0.2, 0.25) is 5.02 Å². The van der Waals surface area contributed by atoms with Crippen molar-refractivity contribution in [2.24, 2.45) is 17.6 Å². The first-order valence-electron chi connectivity index (χ1n) is 9.09. The van der Waals surface area contributed by atoms with Crippen molar-refractivity contribution < 1.29 is 13.2 Å². The maximum absolute atomic E-state index is 12.8. The van der Waals surface area contributed by atoms with E-state index in [-0.39, 0.29) is 35.2 Å². The van der Waals surface area contributed by atoms with E-state index >= 15 is 0 Å². The van der Waals surface area contributed by atoms with Gasteiger partial charge in [-0.1, -0.05) is 11.6 Å². The standard InChI is InChI=1S/C18H26ClN3O3S.ClH/c1-13-10-14(11-20)12-22(13)18(23)15-6-8-21(9-7-15)26(24,25)17-4-2-16(19)3-5-17;/h2-5,13-15H,6-12,20H2,1H3;1H. The van der Waals surface area contributed by atoms with Gasteiger partial charge in [-0.15, -0.1) is 12.4 Å². The molecule has 9 heteroatoms. The van der Waals surface area contributed by atoms with Crippen LogP contribution in [0.5, 0.6) is 0 Å². The van der Waals surface area contributed by atoms with Gasteiger partial charge in [0.25, 0.3) is 0 Å². The molecule has 0 radical (unpaired) electrons. The van der Waals surface area contributed by atoms with E-state index in [1.807, 2.05) is 4.90 Å². The monoisotopic (exact) mass is 435 g/mol. The minimum Gasteiger partial charge on any atom is -0.339 e. The second kappa shape index (κ2) is 9.09. The van der Waals surface area contributed by atoms with Crippen LogP contribution in [-0.2, 0) is 14.8 Å². The summed E-state index contributed by atoms with van der Waals surface area (Å²) >= 11 is 5.84. The Kier molecular flexibility index (Phi) is 7.55. The Labute approximate surface area is 172 Å². The lowest BCUT2D eigenvalue weighted by molar-refractivity contribution is -0.137. The molecule has 1 amide bonds. The molecule has 2 heterocycles. The molecule has 2 N–H and O–H groups in total. The third-order valence-corrected chi connectivity index (χ3v) is 7.70. The number of sulfonamides is 1. The van der Waals surface area contributed by atoms with Gasteiger partial charge in [0.05, 0.1) is 4.90 Å². The van der Waals surface area contributed by atoms with E-state index in [0.717, 1.165) is 13.0 Å². The molecule has 27 heavy (non-hydrogen) atoms.